The summed E-state index contributed by atoms with van der Waals surface area (Å²) in [5.74, 6) is -0.235. The molecule has 9 heteroatoms. The minimum absolute atomic E-state index is 0. The lowest BCUT2D eigenvalue weighted by atomic mass is 10.1. The van der Waals surface area contributed by atoms with Crippen LogP contribution in [0.3, 0.4) is 0 Å². The SMILES string of the molecule is C/C=C(\C=NCC)CNC(=O)Nc1ccc(N)cc1.Fc1ccc(S)c(-c2ccccc2)c1.O.O.[HH].[HH].[HH]. The molecule has 0 heterocycles. The highest BCUT2D eigenvalue weighted by Gasteiger charge is 2.03. The normalized spacial score (nSPS) is 10.3. The van der Waals surface area contributed by atoms with E-state index in [4.69, 9.17) is 5.73 Å². The Morgan fingerprint density at radius 1 is 1.09 bits per heavy atom. The van der Waals surface area contributed by atoms with E-state index in [-0.39, 0.29) is 27.1 Å². The van der Waals surface area contributed by atoms with Gasteiger partial charge in [-0.15, -0.1) is 12.6 Å². The minimum atomic E-state index is -0.256. The van der Waals surface area contributed by atoms with Gasteiger partial charge >= 0.3 is 6.03 Å². The molecular formula is C26H39FN4O3S. The average Bonchev–Trinajstić information content (AvgIpc) is 2.83. The summed E-state index contributed by atoms with van der Waals surface area (Å²) in [5, 5.41) is 5.49. The van der Waals surface area contributed by atoms with Crippen molar-refractivity contribution in [3.63, 3.8) is 0 Å². The maximum atomic E-state index is 13.0. The van der Waals surface area contributed by atoms with Crippen LogP contribution in [0.2, 0.25) is 0 Å². The monoisotopic (exact) mass is 506 g/mol. The van der Waals surface area contributed by atoms with Crippen molar-refractivity contribution in [1.82, 2.24) is 5.32 Å². The van der Waals surface area contributed by atoms with Gasteiger partial charge in [0.15, 0.2) is 0 Å². The first-order chi connectivity index (χ1) is 15.9. The van der Waals surface area contributed by atoms with Gasteiger partial charge in [-0.3, -0.25) is 4.99 Å². The van der Waals surface area contributed by atoms with Gasteiger partial charge in [0, 0.05) is 39.9 Å². The molecule has 3 rings (SSSR count). The molecule has 0 radical (unpaired) electrons. The van der Waals surface area contributed by atoms with Crippen LogP contribution in [-0.4, -0.2) is 36.3 Å². The lowest BCUT2D eigenvalue weighted by Gasteiger charge is -2.08. The molecule has 0 aliphatic rings. The Morgan fingerprint density at radius 3 is 2.34 bits per heavy atom. The molecule has 7 nitrogen and oxygen atoms in total. The summed E-state index contributed by atoms with van der Waals surface area (Å²) in [4.78, 5) is 16.6. The van der Waals surface area contributed by atoms with Crippen molar-refractivity contribution < 1.29 is 24.4 Å². The summed E-state index contributed by atoms with van der Waals surface area (Å²) in [6, 6.07) is 21.0. The zero-order valence-corrected chi connectivity index (χ0v) is 20.6. The van der Waals surface area contributed by atoms with Crippen molar-refractivity contribution in [2.24, 2.45) is 4.99 Å². The molecule has 3 aromatic carbocycles. The van der Waals surface area contributed by atoms with Crippen molar-refractivity contribution in [2.75, 3.05) is 24.1 Å². The molecule has 35 heavy (non-hydrogen) atoms. The van der Waals surface area contributed by atoms with E-state index in [1.54, 1.807) is 36.5 Å². The van der Waals surface area contributed by atoms with E-state index in [0.29, 0.717) is 17.9 Å². The number of hydrogen-bond donors (Lipinski definition) is 4. The summed E-state index contributed by atoms with van der Waals surface area (Å²) >= 11 is 4.29. The second kappa shape index (κ2) is 16.9. The van der Waals surface area contributed by atoms with E-state index in [2.05, 4.69) is 28.3 Å². The Balaban J connectivity index is -0.000000276. The molecule has 0 spiro atoms. The molecule has 2 amide bonds. The van der Waals surface area contributed by atoms with E-state index >= 15 is 0 Å². The second-order valence-electron chi connectivity index (χ2n) is 6.95. The second-order valence-corrected chi connectivity index (χ2v) is 7.43. The number of rotatable bonds is 6. The summed E-state index contributed by atoms with van der Waals surface area (Å²) < 4.78 is 13.0. The summed E-state index contributed by atoms with van der Waals surface area (Å²) in [6.45, 7) is 5.05. The third kappa shape index (κ3) is 11.3. The molecule has 0 fully saturated rings. The number of nitrogen functional groups attached to an aromatic ring is 1. The predicted molar refractivity (Wildman–Crippen MR) is 153 cm³/mol. The fourth-order valence-corrected chi connectivity index (χ4v) is 2.98. The molecule has 0 saturated carbocycles. The summed E-state index contributed by atoms with van der Waals surface area (Å²) in [5.41, 5.74) is 9.72. The van der Waals surface area contributed by atoms with Crippen molar-refractivity contribution >= 4 is 36.2 Å². The molecule has 0 aromatic heterocycles. The van der Waals surface area contributed by atoms with Gasteiger partial charge < -0.3 is 27.3 Å². The molecule has 0 saturated heterocycles. The number of carbonyl (C=O) groups excluding carboxylic acids is 1. The molecule has 0 atom stereocenters. The lowest BCUT2D eigenvalue weighted by Crippen LogP contribution is -2.30. The number of benzene rings is 3. The number of nitrogens with one attached hydrogen (secondary N) is 2. The first-order valence-corrected chi connectivity index (χ1v) is 11.0. The van der Waals surface area contributed by atoms with Crippen LogP contribution in [0.25, 0.3) is 11.1 Å². The van der Waals surface area contributed by atoms with Gasteiger partial charge in [0.25, 0.3) is 0 Å². The van der Waals surface area contributed by atoms with Crippen molar-refractivity contribution in [3.8, 4) is 11.1 Å². The van der Waals surface area contributed by atoms with Crippen LogP contribution in [0, 0.1) is 5.82 Å². The van der Waals surface area contributed by atoms with Gasteiger partial charge in [0.05, 0.1) is 0 Å². The maximum Gasteiger partial charge on any atom is 0.319 e. The molecule has 0 aliphatic heterocycles. The van der Waals surface area contributed by atoms with Crippen LogP contribution in [0.4, 0.5) is 20.6 Å². The van der Waals surface area contributed by atoms with E-state index in [0.717, 1.165) is 28.1 Å². The number of urea groups is 1. The molecule has 0 aliphatic carbocycles. The fraction of sp³-hybridized carbons (Fsp3) is 0.154. The quantitative estimate of drug-likeness (QED) is 0.204. The van der Waals surface area contributed by atoms with Gasteiger partial charge in [-0.05, 0) is 73.0 Å². The maximum absolute atomic E-state index is 13.0. The zero-order valence-electron chi connectivity index (χ0n) is 19.8. The van der Waals surface area contributed by atoms with E-state index < -0.39 is 0 Å². The van der Waals surface area contributed by atoms with Gasteiger partial charge in [-0.2, -0.15) is 0 Å². The molecule has 8 N–H and O–H groups in total. The highest BCUT2D eigenvalue weighted by Crippen LogP contribution is 2.26. The first kappa shape index (κ1) is 31.3. The van der Waals surface area contributed by atoms with Crippen molar-refractivity contribution in [2.45, 2.75) is 18.7 Å². The van der Waals surface area contributed by atoms with Crippen molar-refractivity contribution in [3.05, 3.63) is 90.3 Å². The predicted octanol–water partition coefficient (Wildman–Crippen LogP) is 5.30. The number of nitrogens with zero attached hydrogens (tertiary/aromatic N) is 1. The smallest absolute Gasteiger partial charge is 0.319 e. The van der Waals surface area contributed by atoms with Crippen LogP contribution in [-0.2, 0) is 0 Å². The Bertz CT molecular complexity index is 1110. The first-order valence-electron chi connectivity index (χ1n) is 10.5. The van der Waals surface area contributed by atoms with Crippen LogP contribution in [0.15, 0.2) is 94.3 Å². The highest BCUT2D eigenvalue weighted by molar-refractivity contribution is 7.80. The number of hydrogen-bond acceptors (Lipinski definition) is 4. The molecule has 0 unspecified atom stereocenters. The van der Waals surface area contributed by atoms with E-state index in [1.165, 1.54) is 12.1 Å². The number of allylic oxidation sites excluding steroid dienone is 1. The number of aliphatic imine (C=N–C) groups is 1. The van der Waals surface area contributed by atoms with Crippen LogP contribution in [0.5, 0.6) is 0 Å². The molecule has 194 valence electrons. The lowest BCUT2D eigenvalue weighted by molar-refractivity contribution is 0.253. The van der Waals surface area contributed by atoms with Gasteiger partial charge in [-0.25, -0.2) is 9.18 Å². The van der Waals surface area contributed by atoms with Gasteiger partial charge in [0.2, 0.25) is 0 Å². The molecule has 0 bridgehead atoms. The standard InChI is InChI=1S/C14H20N4O.C12H9FS.2H2O.3H2/c1-3-11(9-16-4-2)10-17-14(19)18-13-7-5-12(15)6-8-13;13-10-6-7-12(14)11(8-10)9-4-2-1-3-5-9;;;;;/h3,5-9H,4,10,15H2,1-2H3,(H2,17,18,19);1-8,14H;2*1H2;3*1H/b11-3+,16-9?;;;;;;. The van der Waals surface area contributed by atoms with Crippen molar-refractivity contribution in [1.29, 1.82) is 0 Å². The van der Waals surface area contributed by atoms with Crippen LogP contribution in [0.1, 0.15) is 18.1 Å². The molecular weight excluding hydrogens is 467 g/mol. The Morgan fingerprint density at radius 2 is 1.74 bits per heavy atom. The minimum Gasteiger partial charge on any atom is -0.412 e. The number of anilines is 2. The van der Waals surface area contributed by atoms with E-state index in [1.807, 2.05) is 50.3 Å². The van der Waals surface area contributed by atoms with Crippen LogP contribution < -0.4 is 16.4 Å². The number of thiol groups is 1. The highest BCUT2D eigenvalue weighted by atomic mass is 32.1. The van der Waals surface area contributed by atoms with E-state index in [9.17, 15) is 9.18 Å². The molecule has 3 aromatic rings. The third-order valence-electron chi connectivity index (χ3n) is 4.48. The Labute approximate surface area is 215 Å². The number of halogens is 1. The fourth-order valence-electron chi connectivity index (χ4n) is 2.71. The Hall–Kier alpha value is -3.66. The zero-order chi connectivity index (χ0) is 24.1. The largest absolute Gasteiger partial charge is 0.412 e. The van der Waals surface area contributed by atoms with Crippen LogP contribution >= 0.6 is 12.6 Å². The average molecular weight is 507 g/mol. The third-order valence-corrected chi connectivity index (χ3v) is 4.87. The van der Waals surface area contributed by atoms with Gasteiger partial charge in [-0.1, -0.05) is 36.4 Å². The summed E-state index contributed by atoms with van der Waals surface area (Å²) in [6.07, 6.45) is 3.69. The number of amides is 2. The number of carbonyl (C=O) groups is 1. The Kier molecular flexibility index (Phi) is 15.1. The number of nitrogens with two attached hydrogens (primary N) is 1. The topological polar surface area (TPSA) is 143 Å². The van der Waals surface area contributed by atoms with Gasteiger partial charge in [0.1, 0.15) is 5.82 Å². The summed E-state index contributed by atoms with van der Waals surface area (Å²) in [7, 11) is 0.